The number of nitrogens with zero attached hydrogens (tertiary/aromatic N) is 2. The van der Waals surface area contributed by atoms with Crippen molar-refractivity contribution < 1.29 is 13.5 Å². The molecule has 0 atom stereocenters. The van der Waals surface area contributed by atoms with Crippen molar-refractivity contribution >= 4 is 36.4 Å². The Labute approximate surface area is 296 Å². The Morgan fingerprint density at radius 2 is 0.848 bits per heavy atom. The standard InChI is InChI=1S/C33H59N2P.C7H6.2ClH.Ru/c1-6-16-28(17-7-1)34-26-27-35(29-18-8-2-9-19-29)33(34)36(30-20-10-3-11-21-30,31-22-12-4-13-23-31)32-24-14-5-15-25-32;1-7-5-3-2-4-6-7;;;/h28-32H,1-27H2;1-6H;2*1H;/q;;;;+2/p-2. The summed E-state index contributed by atoms with van der Waals surface area (Å²) in [5, 5.41) is 0. The van der Waals surface area contributed by atoms with Crippen LogP contribution < -0.4 is 0 Å². The third-order valence-electron chi connectivity index (χ3n) is 13.0. The van der Waals surface area contributed by atoms with E-state index in [1.165, 1.54) is 96.6 Å². The van der Waals surface area contributed by atoms with E-state index in [4.69, 9.17) is 19.4 Å². The number of hydrogen-bond acceptors (Lipinski definition) is 0. The molecule has 1 aromatic rings. The van der Waals surface area contributed by atoms with Gasteiger partial charge in [0.05, 0.1) is 5.54 Å². The molecule has 7 rings (SSSR count). The van der Waals surface area contributed by atoms with Gasteiger partial charge in [-0.3, -0.25) is 9.80 Å². The molecule has 1 heterocycles. The van der Waals surface area contributed by atoms with Gasteiger partial charge >= 0.3 is 73.4 Å². The summed E-state index contributed by atoms with van der Waals surface area (Å²) in [4.78, 5) is 6.47. The van der Waals surface area contributed by atoms with Gasteiger partial charge in [-0.25, -0.2) is 0 Å². The first-order valence-electron chi connectivity index (χ1n) is 19.8. The molecule has 1 saturated heterocycles. The molecular formula is C40H65Cl2N2PRu. The predicted octanol–water partition coefficient (Wildman–Crippen LogP) is 12.1. The van der Waals surface area contributed by atoms with Crippen LogP contribution in [0.5, 0.6) is 0 Å². The van der Waals surface area contributed by atoms with Crippen LogP contribution in [0.1, 0.15) is 166 Å². The van der Waals surface area contributed by atoms with Gasteiger partial charge in [-0.05, 0) is 81.2 Å². The molecule has 0 amide bonds. The first-order valence-corrected chi connectivity index (χ1v) is 27.3. The minimum atomic E-state index is -1.61. The molecule has 6 heteroatoms. The summed E-state index contributed by atoms with van der Waals surface area (Å²) in [7, 11) is 11.3. The quantitative estimate of drug-likeness (QED) is 0.210. The van der Waals surface area contributed by atoms with Crippen molar-refractivity contribution in [3.05, 3.63) is 35.9 Å². The second-order valence-electron chi connectivity index (χ2n) is 15.7. The summed E-state index contributed by atoms with van der Waals surface area (Å²) in [5.41, 5.74) is 6.51. The fourth-order valence-electron chi connectivity index (χ4n) is 11.0. The number of rotatable bonds is 6. The van der Waals surface area contributed by atoms with Gasteiger partial charge < -0.3 is 0 Å². The third-order valence-corrected chi connectivity index (χ3v) is 21.3. The van der Waals surface area contributed by atoms with Crippen LogP contribution >= 0.6 is 26.3 Å². The van der Waals surface area contributed by atoms with Crippen molar-refractivity contribution in [1.29, 1.82) is 0 Å². The minimum absolute atomic E-state index is 0.887. The van der Waals surface area contributed by atoms with Gasteiger partial charge in [0.25, 0.3) is 0 Å². The van der Waals surface area contributed by atoms with E-state index in [9.17, 15) is 0 Å². The molecule has 0 aromatic heterocycles. The van der Waals surface area contributed by atoms with Crippen LogP contribution in [0.3, 0.4) is 0 Å². The molecule has 46 heavy (non-hydrogen) atoms. The maximum absolute atomic E-state index is 5.67. The van der Waals surface area contributed by atoms with E-state index in [2.05, 4.69) is 15.3 Å². The molecule has 1 aromatic carbocycles. The van der Waals surface area contributed by atoms with Gasteiger partial charge in [0.15, 0.2) is 0 Å². The normalized spacial score (nSPS) is 26.5. The Kier molecular flexibility index (Phi) is 14.7. The Morgan fingerprint density at radius 1 is 0.500 bits per heavy atom. The molecule has 0 N–H and O–H groups in total. The molecule has 6 aliphatic rings. The Hall–Kier alpha value is 0.513. The van der Waals surface area contributed by atoms with Crippen LogP contribution in [0, 0.1) is 0 Å². The summed E-state index contributed by atoms with van der Waals surface area (Å²) in [6.45, 7) is 1.54. The van der Waals surface area contributed by atoms with Gasteiger partial charge in [-0.1, -0.05) is 103 Å². The van der Waals surface area contributed by atoms with Crippen molar-refractivity contribution in [1.82, 2.24) is 9.80 Å². The van der Waals surface area contributed by atoms with Gasteiger partial charge in [0, 0.05) is 25.2 Å². The van der Waals surface area contributed by atoms with Crippen molar-refractivity contribution in [2.45, 2.75) is 190 Å². The van der Waals surface area contributed by atoms with E-state index in [1.807, 2.05) is 34.9 Å². The summed E-state index contributed by atoms with van der Waals surface area (Å²) in [5.74, 6) is 0. The van der Waals surface area contributed by atoms with E-state index >= 15 is 0 Å². The van der Waals surface area contributed by atoms with E-state index in [-0.39, 0.29) is 0 Å². The molecule has 6 fully saturated rings. The molecule has 0 spiro atoms. The Bertz CT molecular complexity index is 1040. The third kappa shape index (κ3) is 8.86. The van der Waals surface area contributed by atoms with Crippen molar-refractivity contribution in [3.8, 4) is 0 Å². The van der Waals surface area contributed by atoms with Crippen LogP contribution in [0.2, 0.25) is 0 Å². The number of hydrogen-bond donors (Lipinski definition) is 0. The summed E-state index contributed by atoms with van der Waals surface area (Å²) in [6, 6.07) is 11.7. The van der Waals surface area contributed by atoms with Crippen molar-refractivity contribution in [2.24, 2.45) is 0 Å². The topological polar surface area (TPSA) is 6.48 Å². The van der Waals surface area contributed by atoms with E-state index in [1.54, 1.807) is 77.0 Å². The second-order valence-corrected chi connectivity index (χ2v) is 25.7. The fraction of sp³-hybridized carbons (Fsp3) is 0.800. The summed E-state index contributed by atoms with van der Waals surface area (Å²) >= 11 is -1.61. The molecule has 1 aliphatic heterocycles. The van der Waals surface area contributed by atoms with Crippen LogP contribution in [0.4, 0.5) is 0 Å². The van der Waals surface area contributed by atoms with E-state index < -0.39 is 20.4 Å². The van der Waals surface area contributed by atoms with Gasteiger partial charge in [0.2, 0.25) is 0 Å². The molecule has 5 aliphatic carbocycles. The molecule has 262 valence electrons. The molecule has 0 unspecified atom stereocenters. The molecule has 5 saturated carbocycles. The zero-order valence-electron chi connectivity index (χ0n) is 28.9. The summed E-state index contributed by atoms with van der Waals surface area (Å²) < 4.78 is 1.92. The molecular weight excluding hydrogens is 711 g/mol. The van der Waals surface area contributed by atoms with E-state index in [0.29, 0.717) is 0 Å². The summed E-state index contributed by atoms with van der Waals surface area (Å²) in [6.07, 6.45) is 38.5. The van der Waals surface area contributed by atoms with Crippen LogP contribution in [-0.4, -0.2) is 62.1 Å². The van der Waals surface area contributed by atoms with Gasteiger partial charge in [0.1, 0.15) is 0 Å². The van der Waals surface area contributed by atoms with Crippen LogP contribution in [0.25, 0.3) is 0 Å². The van der Waals surface area contributed by atoms with Crippen molar-refractivity contribution in [2.75, 3.05) is 13.1 Å². The average molecular weight is 777 g/mol. The monoisotopic (exact) mass is 776 g/mol. The maximum atomic E-state index is 5.67. The van der Waals surface area contributed by atoms with E-state index in [0.717, 1.165) is 34.6 Å². The number of benzene rings is 1. The Balaban J connectivity index is 0.000000319. The zero-order valence-corrected chi connectivity index (χ0v) is 33.0. The first-order chi connectivity index (χ1) is 22.7. The zero-order chi connectivity index (χ0) is 31.6. The fourth-order valence-corrected chi connectivity index (χ4v) is 20.7. The Morgan fingerprint density at radius 3 is 1.20 bits per heavy atom. The first kappa shape index (κ1) is 36.3. The predicted molar refractivity (Wildman–Crippen MR) is 203 cm³/mol. The molecule has 2 nitrogen and oxygen atoms in total. The van der Waals surface area contributed by atoms with Crippen LogP contribution in [0.15, 0.2) is 30.3 Å². The average Bonchev–Trinajstić information content (AvgIpc) is 3.57. The molecule has 0 bridgehead atoms. The van der Waals surface area contributed by atoms with Gasteiger partial charge in [-0.15, -0.1) is 0 Å². The SMILES string of the molecule is C1CCC(N2CCN(C3CCCCC3)C2=P(C2CCCCC2)(C2CCCCC2)C2CCCCC2)CC1.[Cl][Ru]([Cl])=[CH]c1ccccc1. The second kappa shape index (κ2) is 18.7. The van der Waals surface area contributed by atoms with Crippen molar-refractivity contribution in [3.63, 3.8) is 0 Å². The van der Waals surface area contributed by atoms with Crippen LogP contribution in [-0.2, 0) is 13.5 Å². The number of halogens is 2. The molecule has 0 radical (unpaired) electrons. The van der Waals surface area contributed by atoms with Gasteiger partial charge in [-0.2, -0.15) is 0 Å².